The smallest absolute Gasteiger partial charge is 0.262 e. The van der Waals surface area contributed by atoms with Crippen LogP contribution in [0.4, 0.5) is 0 Å². The molecule has 6 heteroatoms. The van der Waals surface area contributed by atoms with E-state index in [1.165, 1.54) is 22.2 Å². The Morgan fingerprint density at radius 2 is 2.19 bits per heavy atom. The first-order valence-corrected chi connectivity index (χ1v) is 8.10. The number of aromatic nitrogens is 2. The van der Waals surface area contributed by atoms with Crippen molar-refractivity contribution >= 4 is 27.5 Å². The Morgan fingerprint density at radius 3 is 2.86 bits per heavy atom. The van der Waals surface area contributed by atoms with Gasteiger partial charge >= 0.3 is 0 Å². The van der Waals surface area contributed by atoms with Gasteiger partial charge in [-0.2, -0.15) is 0 Å². The van der Waals surface area contributed by atoms with Gasteiger partial charge in [0.25, 0.3) is 5.56 Å². The highest BCUT2D eigenvalue weighted by Crippen LogP contribution is 2.20. The number of nitrogens with zero attached hydrogens (tertiary/aromatic N) is 3. The summed E-state index contributed by atoms with van der Waals surface area (Å²) in [6, 6.07) is 1.89. The van der Waals surface area contributed by atoms with Crippen LogP contribution >= 0.6 is 11.3 Å². The maximum Gasteiger partial charge on any atom is 0.262 e. The average molecular weight is 307 g/mol. The molecule has 0 spiro atoms. The standard InChI is InChI=1S/C15H21N3O2S/c1-4-6-7-17(3)13(19)9-18-10-16-14-12(15(18)20)8-11(5-2)21-14/h8,10H,4-7,9H2,1-3H3. The van der Waals surface area contributed by atoms with Crippen LogP contribution in [0, 0.1) is 0 Å². The number of hydrogen-bond donors (Lipinski definition) is 0. The maximum atomic E-state index is 12.4. The van der Waals surface area contributed by atoms with E-state index in [4.69, 9.17) is 0 Å². The molecule has 114 valence electrons. The van der Waals surface area contributed by atoms with Crippen molar-refractivity contribution in [3.05, 3.63) is 27.6 Å². The van der Waals surface area contributed by atoms with Crippen LogP contribution in [-0.4, -0.2) is 34.0 Å². The van der Waals surface area contributed by atoms with E-state index in [9.17, 15) is 9.59 Å². The molecular formula is C15H21N3O2S. The van der Waals surface area contributed by atoms with Crippen molar-refractivity contribution in [2.45, 2.75) is 39.7 Å². The van der Waals surface area contributed by atoms with E-state index in [0.29, 0.717) is 5.39 Å². The Kier molecular flexibility index (Phi) is 5.12. The summed E-state index contributed by atoms with van der Waals surface area (Å²) >= 11 is 1.54. The van der Waals surface area contributed by atoms with Gasteiger partial charge in [0.15, 0.2) is 0 Å². The minimum atomic E-state index is -0.131. The Balaban J connectivity index is 2.20. The van der Waals surface area contributed by atoms with Crippen LogP contribution in [0.3, 0.4) is 0 Å². The van der Waals surface area contributed by atoms with Crippen molar-refractivity contribution in [1.82, 2.24) is 14.5 Å². The quantitative estimate of drug-likeness (QED) is 0.822. The monoisotopic (exact) mass is 307 g/mol. The number of hydrogen-bond acceptors (Lipinski definition) is 4. The van der Waals surface area contributed by atoms with E-state index in [1.807, 2.05) is 6.07 Å². The van der Waals surface area contributed by atoms with Gasteiger partial charge in [-0.25, -0.2) is 4.98 Å². The molecule has 1 amide bonds. The number of unbranched alkanes of at least 4 members (excludes halogenated alkanes) is 1. The molecule has 0 atom stereocenters. The molecule has 0 aliphatic carbocycles. The highest BCUT2D eigenvalue weighted by molar-refractivity contribution is 7.18. The molecule has 0 bridgehead atoms. The number of likely N-dealkylation sites (N-methyl/N-ethyl adjacent to an activating group) is 1. The van der Waals surface area contributed by atoms with Crippen LogP contribution in [0.2, 0.25) is 0 Å². The van der Waals surface area contributed by atoms with Crippen LogP contribution in [-0.2, 0) is 17.8 Å². The van der Waals surface area contributed by atoms with Gasteiger partial charge in [0.1, 0.15) is 11.4 Å². The third-order valence-electron chi connectivity index (χ3n) is 3.50. The SMILES string of the molecule is CCCCN(C)C(=O)Cn1cnc2sc(CC)cc2c1=O. The lowest BCUT2D eigenvalue weighted by Crippen LogP contribution is -2.34. The molecule has 0 aromatic carbocycles. The molecule has 0 radical (unpaired) electrons. The topological polar surface area (TPSA) is 55.2 Å². The average Bonchev–Trinajstić information content (AvgIpc) is 2.91. The molecular weight excluding hydrogens is 286 g/mol. The van der Waals surface area contributed by atoms with Gasteiger partial charge in [-0.3, -0.25) is 14.2 Å². The van der Waals surface area contributed by atoms with Crippen LogP contribution in [0.15, 0.2) is 17.2 Å². The van der Waals surface area contributed by atoms with Crippen molar-refractivity contribution in [3.63, 3.8) is 0 Å². The number of carbonyl (C=O) groups excluding carboxylic acids is 1. The van der Waals surface area contributed by atoms with Gasteiger partial charge in [0.2, 0.25) is 5.91 Å². The molecule has 0 aliphatic rings. The normalized spacial score (nSPS) is 11.0. The van der Waals surface area contributed by atoms with E-state index >= 15 is 0 Å². The summed E-state index contributed by atoms with van der Waals surface area (Å²) in [6.07, 6.45) is 4.38. The fraction of sp³-hybridized carbons (Fsp3) is 0.533. The summed E-state index contributed by atoms with van der Waals surface area (Å²) in [6.45, 7) is 4.91. The van der Waals surface area contributed by atoms with E-state index in [1.54, 1.807) is 11.9 Å². The molecule has 5 nitrogen and oxygen atoms in total. The molecule has 2 rings (SSSR count). The minimum Gasteiger partial charge on any atom is -0.344 e. The van der Waals surface area contributed by atoms with Gasteiger partial charge in [0, 0.05) is 18.5 Å². The number of fused-ring (bicyclic) bond motifs is 1. The predicted molar refractivity (Wildman–Crippen MR) is 85.8 cm³/mol. The predicted octanol–water partition coefficient (Wildman–Crippen LogP) is 2.28. The minimum absolute atomic E-state index is 0.0549. The lowest BCUT2D eigenvalue weighted by molar-refractivity contribution is -0.130. The van der Waals surface area contributed by atoms with Gasteiger partial charge in [-0.05, 0) is 18.9 Å². The molecule has 2 aromatic heterocycles. The van der Waals surface area contributed by atoms with Crippen molar-refractivity contribution in [3.8, 4) is 0 Å². The number of thiophene rings is 1. The first kappa shape index (κ1) is 15.7. The summed E-state index contributed by atoms with van der Waals surface area (Å²) in [7, 11) is 1.77. The van der Waals surface area contributed by atoms with Crippen LogP contribution in [0.1, 0.15) is 31.6 Å². The van der Waals surface area contributed by atoms with Crippen molar-refractivity contribution in [2.24, 2.45) is 0 Å². The molecule has 2 aromatic rings. The van der Waals surface area contributed by atoms with E-state index in [2.05, 4.69) is 18.8 Å². The molecule has 0 aliphatic heterocycles. The fourth-order valence-electron chi connectivity index (χ4n) is 2.08. The van der Waals surface area contributed by atoms with Crippen molar-refractivity contribution < 1.29 is 4.79 Å². The Morgan fingerprint density at radius 1 is 1.43 bits per heavy atom. The van der Waals surface area contributed by atoms with E-state index in [-0.39, 0.29) is 18.0 Å². The first-order chi connectivity index (χ1) is 10.1. The van der Waals surface area contributed by atoms with Gasteiger partial charge in [0.05, 0.1) is 11.7 Å². The highest BCUT2D eigenvalue weighted by Gasteiger charge is 2.13. The summed E-state index contributed by atoms with van der Waals surface area (Å²) in [5, 5.41) is 0.614. The summed E-state index contributed by atoms with van der Waals surface area (Å²) in [4.78, 5) is 32.4. The summed E-state index contributed by atoms with van der Waals surface area (Å²) < 4.78 is 1.40. The molecule has 0 saturated carbocycles. The zero-order valence-corrected chi connectivity index (χ0v) is 13.6. The highest BCUT2D eigenvalue weighted by atomic mass is 32.1. The zero-order valence-electron chi connectivity index (χ0n) is 12.8. The van der Waals surface area contributed by atoms with Gasteiger partial charge in [-0.1, -0.05) is 20.3 Å². The van der Waals surface area contributed by atoms with Crippen LogP contribution in [0.25, 0.3) is 10.2 Å². The van der Waals surface area contributed by atoms with Crippen LogP contribution < -0.4 is 5.56 Å². The second-order valence-corrected chi connectivity index (χ2v) is 6.25. The molecule has 21 heavy (non-hydrogen) atoms. The van der Waals surface area contributed by atoms with Crippen molar-refractivity contribution in [2.75, 3.05) is 13.6 Å². The number of aryl methyl sites for hydroxylation is 1. The maximum absolute atomic E-state index is 12.4. The van der Waals surface area contributed by atoms with Gasteiger partial charge in [-0.15, -0.1) is 11.3 Å². The Labute approximate surface area is 128 Å². The third-order valence-corrected chi connectivity index (χ3v) is 4.68. The van der Waals surface area contributed by atoms with Gasteiger partial charge < -0.3 is 4.90 Å². The van der Waals surface area contributed by atoms with Crippen molar-refractivity contribution in [1.29, 1.82) is 0 Å². The molecule has 0 unspecified atom stereocenters. The second kappa shape index (κ2) is 6.85. The fourth-order valence-corrected chi connectivity index (χ4v) is 3.01. The molecule has 0 saturated heterocycles. The second-order valence-electron chi connectivity index (χ2n) is 5.13. The molecule has 0 N–H and O–H groups in total. The number of carbonyl (C=O) groups is 1. The molecule has 2 heterocycles. The summed E-state index contributed by atoms with van der Waals surface area (Å²) in [5.41, 5.74) is -0.131. The van der Waals surface area contributed by atoms with E-state index in [0.717, 1.165) is 35.5 Å². The zero-order chi connectivity index (χ0) is 15.4. The number of amides is 1. The number of rotatable bonds is 6. The third kappa shape index (κ3) is 3.50. The van der Waals surface area contributed by atoms with Crippen LogP contribution in [0.5, 0.6) is 0 Å². The summed E-state index contributed by atoms with van der Waals surface area (Å²) in [5.74, 6) is -0.0577. The lowest BCUT2D eigenvalue weighted by Gasteiger charge is -2.17. The largest absolute Gasteiger partial charge is 0.344 e. The Hall–Kier alpha value is -1.69. The molecule has 0 fully saturated rings. The lowest BCUT2D eigenvalue weighted by atomic mass is 10.3. The van der Waals surface area contributed by atoms with E-state index < -0.39 is 0 Å². The first-order valence-electron chi connectivity index (χ1n) is 7.28. The Bertz CT molecular complexity index is 690.